The van der Waals surface area contributed by atoms with E-state index in [2.05, 4.69) is 19.2 Å². The van der Waals surface area contributed by atoms with Crippen LogP contribution in [0.25, 0.3) is 0 Å². The van der Waals surface area contributed by atoms with Crippen molar-refractivity contribution in [3.05, 3.63) is 29.3 Å². The zero-order valence-corrected chi connectivity index (χ0v) is 12.8. The number of hydrogen-bond donors (Lipinski definition) is 2. The summed E-state index contributed by atoms with van der Waals surface area (Å²) < 4.78 is 0. The predicted octanol–water partition coefficient (Wildman–Crippen LogP) is 3.14. The van der Waals surface area contributed by atoms with Gasteiger partial charge in [0, 0.05) is 16.5 Å². The lowest BCUT2D eigenvalue weighted by Gasteiger charge is -2.43. The number of nitrogens with two attached hydrogens (primary N) is 1. The Labute approximate surface area is 123 Å². The number of carbonyl (C=O) groups excluding carboxylic acids is 1. The van der Waals surface area contributed by atoms with Crippen LogP contribution in [0.15, 0.2) is 24.3 Å². The average molecular weight is 299 g/mol. The van der Waals surface area contributed by atoms with E-state index >= 15 is 0 Å². The van der Waals surface area contributed by atoms with Crippen molar-refractivity contribution in [1.82, 2.24) is 0 Å². The van der Waals surface area contributed by atoms with Crippen molar-refractivity contribution in [2.24, 2.45) is 11.1 Å². The number of hydrogen-bond acceptors (Lipinski definition) is 3. The first kappa shape index (κ1) is 14.5. The van der Waals surface area contributed by atoms with E-state index in [1.54, 1.807) is 11.8 Å². The topological polar surface area (TPSA) is 55.1 Å². The molecule has 19 heavy (non-hydrogen) atoms. The largest absolute Gasteiger partial charge is 0.371 e. The summed E-state index contributed by atoms with van der Waals surface area (Å²) in [6.07, 6.45) is 0.731. The van der Waals surface area contributed by atoms with Gasteiger partial charge in [0.05, 0.1) is 0 Å². The maximum absolute atomic E-state index is 12.0. The zero-order valence-electron chi connectivity index (χ0n) is 11.2. The Morgan fingerprint density at radius 2 is 2.16 bits per heavy atom. The van der Waals surface area contributed by atoms with Crippen LogP contribution in [0.2, 0.25) is 5.02 Å². The lowest BCUT2D eigenvalue weighted by molar-refractivity contribution is -0.122. The number of primary amides is 1. The minimum atomic E-state index is -0.697. The Morgan fingerprint density at radius 1 is 1.42 bits per heavy atom. The Hall–Kier alpha value is -0.870. The number of rotatable bonds is 3. The van der Waals surface area contributed by atoms with Crippen molar-refractivity contribution >= 4 is 35.0 Å². The van der Waals surface area contributed by atoms with Crippen molar-refractivity contribution in [3.8, 4) is 0 Å². The highest BCUT2D eigenvalue weighted by atomic mass is 35.5. The van der Waals surface area contributed by atoms with Gasteiger partial charge >= 0.3 is 0 Å². The minimum absolute atomic E-state index is 0.0868. The first-order chi connectivity index (χ1) is 8.83. The number of amides is 1. The predicted molar refractivity (Wildman–Crippen MR) is 82.7 cm³/mol. The SMILES string of the molecule is CC1(C)CSCC(Nc2cccc(Cl)c2)(C(N)=O)C1. The van der Waals surface area contributed by atoms with Crippen LogP contribution in [0, 0.1) is 5.41 Å². The summed E-state index contributed by atoms with van der Waals surface area (Å²) in [6, 6.07) is 7.39. The number of anilines is 1. The van der Waals surface area contributed by atoms with E-state index in [0.717, 1.165) is 17.9 Å². The van der Waals surface area contributed by atoms with E-state index in [4.69, 9.17) is 17.3 Å². The lowest BCUT2D eigenvalue weighted by atomic mass is 9.79. The van der Waals surface area contributed by atoms with Gasteiger partial charge in [-0.1, -0.05) is 31.5 Å². The molecule has 1 aliphatic heterocycles. The van der Waals surface area contributed by atoms with Gasteiger partial charge < -0.3 is 11.1 Å². The van der Waals surface area contributed by atoms with Gasteiger partial charge in [-0.3, -0.25) is 4.79 Å². The molecule has 3 N–H and O–H groups in total. The van der Waals surface area contributed by atoms with E-state index in [0.29, 0.717) is 10.8 Å². The molecule has 0 spiro atoms. The van der Waals surface area contributed by atoms with Gasteiger partial charge in [-0.2, -0.15) is 11.8 Å². The molecule has 0 saturated carbocycles. The third kappa shape index (κ3) is 3.37. The van der Waals surface area contributed by atoms with E-state index < -0.39 is 5.54 Å². The van der Waals surface area contributed by atoms with Crippen LogP contribution in [0.1, 0.15) is 20.3 Å². The Kier molecular flexibility index (Phi) is 4.02. The van der Waals surface area contributed by atoms with Crippen LogP contribution in [-0.4, -0.2) is 23.0 Å². The Balaban J connectivity index is 2.28. The first-order valence-corrected chi connectivity index (χ1v) is 7.78. The lowest BCUT2D eigenvalue weighted by Crippen LogP contribution is -2.57. The minimum Gasteiger partial charge on any atom is -0.371 e. The molecule has 1 aromatic carbocycles. The monoisotopic (exact) mass is 298 g/mol. The van der Waals surface area contributed by atoms with Crippen LogP contribution in [0.5, 0.6) is 0 Å². The van der Waals surface area contributed by atoms with Gasteiger partial charge in [0.15, 0.2) is 0 Å². The molecule has 1 unspecified atom stereocenters. The van der Waals surface area contributed by atoms with Crippen molar-refractivity contribution in [1.29, 1.82) is 0 Å². The molecule has 1 atom stereocenters. The first-order valence-electron chi connectivity index (χ1n) is 6.24. The van der Waals surface area contributed by atoms with E-state index in [9.17, 15) is 4.79 Å². The fourth-order valence-electron chi connectivity index (χ4n) is 2.56. The zero-order chi connectivity index (χ0) is 14.1. The number of benzene rings is 1. The van der Waals surface area contributed by atoms with E-state index in [1.165, 1.54) is 0 Å². The van der Waals surface area contributed by atoms with Gasteiger partial charge in [-0.05, 0) is 35.8 Å². The van der Waals surface area contributed by atoms with Gasteiger partial charge in [0.25, 0.3) is 0 Å². The molecule has 2 rings (SSSR count). The number of halogens is 1. The normalized spacial score (nSPS) is 25.8. The molecule has 1 aromatic rings. The summed E-state index contributed by atoms with van der Waals surface area (Å²) in [5, 5.41) is 3.96. The quantitative estimate of drug-likeness (QED) is 0.901. The maximum atomic E-state index is 12.0. The molecule has 0 aliphatic carbocycles. The highest BCUT2D eigenvalue weighted by Crippen LogP contribution is 2.40. The van der Waals surface area contributed by atoms with Crippen LogP contribution >= 0.6 is 23.4 Å². The summed E-state index contributed by atoms with van der Waals surface area (Å²) in [6.45, 7) is 4.33. The fraction of sp³-hybridized carbons (Fsp3) is 0.500. The van der Waals surface area contributed by atoms with Gasteiger partial charge in [0.1, 0.15) is 5.54 Å². The van der Waals surface area contributed by atoms with Gasteiger partial charge in [-0.25, -0.2) is 0 Å². The third-order valence-electron chi connectivity index (χ3n) is 3.30. The number of carbonyl (C=O) groups is 1. The second-order valence-electron chi connectivity index (χ2n) is 5.92. The fourth-order valence-corrected chi connectivity index (χ4v) is 4.18. The second-order valence-corrected chi connectivity index (χ2v) is 7.34. The number of nitrogens with one attached hydrogen (secondary N) is 1. The molecule has 3 nitrogen and oxygen atoms in total. The van der Waals surface area contributed by atoms with Crippen molar-refractivity contribution in [2.45, 2.75) is 25.8 Å². The molecule has 0 radical (unpaired) electrons. The standard InChI is InChI=1S/C14H19ClN2OS/c1-13(2)7-14(12(16)18,9-19-8-13)17-11-5-3-4-10(15)6-11/h3-6,17H,7-9H2,1-2H3,(H2,16,18). The molecule has 1 fully saturated rings. The smallest absolute Gasteiger partial charge is 0.243 e. The molecule has 0 bridgehead atoms. The molecule has 1 aliphatic rings. The highest BCUT2D eigenvalue weighted by Gasteiger charge is 2.45. The molecule has 104 valence electrons. The highest BCUT2D eigenvalue weighted by molar-refractivity contribution is 7.99. The summed E-state index contributed by atoms with van der Waals surface area (Å²) in [5.74, 6) is 1.44. The van der Waals surface area contributed by atoms with Crippen molar-refractivity contribution < 1.29 is 4.79 Å². The van der Waals surface area contributed by atoms with Crippen molar-refractivity contribution in [2.75, 3.05) is 16.8 Å². The van der Waals surface area contributed by atoms with Crippen LogP contribution in [-0.2, 0) is 4.79 Å². The third-order valence-corrected chi connectivity index (χ3v) is 5.22. The molecule has 0 aromatic heterocycles. The molecule has 1 amide bonds. The van der Waals surface area contributed by atoms with Crippen molar-refractivity contribution in [3.63, 3.8) is 0 Å². The molecular weight excluding hydrogens is 280 g/mol. The summed E-state index contributed by atoms with van der Waals surface area (Å²) >= 11 is 7.75. The number of thioether (sulfide) groups is 1. The molecule has 5 heteroatoms. The van der Waals surface area contributed by atoms with Crippen LogP contribution in [0.4, 0.5) is 5.69 Å². The van der Waals surface area contributed by atoms with Gasteiger partial charge in [-0.15, -0.1) is 0 Å². The van der Waals surface area contributed by atoms with E-state index in [-0.39, 0.29) is 11.3 Å². The second kappa shape index (κ2) is 5.25. The Bertz CT molecular complexity index is 492. The summed E-state index contributed by atoms with van der Waals surface area (Å²) in [7, 11) is 0. The summed E-state index contributed by atoms with van der Waals surface area (Å²) in [4.78, 5) is 12.0. The average Bonchev–Trinajstić information content (AvgIpc) is 2.27. The Morgan fingerprint density at radius 3 is 2.74 bits per heavy atom. The summed E-state index contributed by atoms with van der Waals surface area (Å²) in [5.41, 5.74) is 5.89. The van der Waals surface area contributed by atoms with E-state index in [1.807, 2.05) is 24.3 Å². The molecule has 1 heterocycles. The molecular formula is C14H19ClN2OS. The maximum Gasteiger partial charge on any atom is 0.243 e. The van der Waals surface area contributed by atoms with Crippen LogP contribution in [0.3, 0.4) is 0 Å². The molecule has 1 saturated heterocycles. The van der Waals surface area contributed by atoms with Gasteiger partial charge in [0.2, 0.25) is 5.91 Å². The van der Waals surface area contributed by atoms with Crippen LogP contribution < -0.4 is 11.1 Å².